The average molecular weight is 1320 g/mol. The van der Waals surface area contributed by atoms with Crippen LogP contribution >= 0.6 is 0 Å². The van der Waals surface area contributed by atoms with E-state index in [1.165, 1.54) is 101 Å². The van der Waals surface area contributed by atoms with Gasteiger partial charge in [-0.15, -0.1) is 0 Å². The lowest BCUT2D eigenvalue weighted by Crippen LogP contribution is -2.29. The third kappa shape index (κ3) is 17.5. The van der Waals surface area contributed by atoms with Gasteiger partial charge in [0.05, 0.1) is 23.7 Å². The first kappa shape index (κ1) is 73.0. The van der Waals surface area contributed by atoms with Gasteiger partial charge in [0.25, 0.3) is 0 Å². The van der Waals surface area contributed by atoms with E-state index in [2.05, 4.69) is 187 Å². The molecule has 3 aliphatic carbocycles. The normalized spacial score (nSPS) is 13.8. The molecule has 0 saturated heterocycles. The van der Waals surface area contributed by atoms with E-state index in [1.807, 2.05) is 97.9 Å². The second-order valence-corrected chi connectivity index (χ2v) is 29.7. The molecule has 0 radical (unpaired) electrons. The molecule has 9 aromatic rings. The minimum atomic E-state index is -0.273. The molecule has 0 N–H and O–H groups in total. The van der Waals surface area contributed by atoms with Crippen molar-refractivity contribution in [3.05, 3.63) is 285 Å². The summed E-state index contributed by atoms with van der Waals surface area (Å²) in [4.78, 5) is 48.3. The standard InChI is InChI=1S/C26H34O2.C25H24O2.C19H21FO2.C19H20O2/c1-16(2)24(27)28-15-23-21-13-17(25(3,4)5)9-11-19(21)20-12-10-18(14-22(20)23)26(6,7)8;1-17(2)25(26)27-23(16-18-10-4-3-5-11-18)24-21-14-8-6-12-19(21)20-13-7-9-15-22(20)24;1-13(2)19(21)22-12-18(15-6-4-14(3)5-7-15)16-8-10-17(20)11-9-16;1-12(2)19(20)21-13(3)18-16-10-6-4-8-14(16)15-9-5-7-11-17(15)18/h9-14,16,23H,15H2,1-8H3;3-15,17,23-24H,16H2,1-2H3;4-11,13,18H,12H2,1-3H3;4-13,18H,1-3H3. The number of esters is 4. The van der Waals surface area contributed by atoms with Crippen molar-refractivity contribution < 1.29 is 42.5 Å². The fourth-order valence-corrected chi connectivity index (χ4v) is 13.1. The van der Waals surface area contributed by atoms with Crippen LogP contribution in [0.1, 0.15) is 194 Å². The Bertz CT molecular complexity index is 4000. The minimum absolute atomic E-state index is 0.0558. The molecule has 9 aromatic carbocycles. The fourth-order valence-electron chi connectivity index (χ4n) is 13.1. The van der Waals surface area contributed by atoms with Crippen LogP contribution < -0.4 is 0 Å². The number of aryl methyl sites for hydroxylation is 1. The highest BCUT2D eigenvalue weighted by atomic mass is 19.1. The zero-order valence-corrected chi connectivity index (χ0v) is 60.2. The number of hydrogen-bond donors (Lipinski definition) is 0. The van der Waals surface area contributed by atoms with Gasteiger partial charge in [0.15, 0.2) is 0 Å². The zero-order valence-electron chi connectivity index (χ0n) is 60.2. The van der Waals surface area contributed by atoms with Gasteiger partial charge in [0.1, 0.15) is 31.2 Å². The molecule has 12 rings (SSSR count). The van der Waals surface area contributed by atoms with Crippen molar-refractivity contribution in [3.8, 4) is 33.4 Å². The summed E-state index contributed by atoms with van der Waals surface area (Å²) in [5, 5.41) is 0. The van der Waals surface area contributed by atoms with Gasteiger partial charge in [-0.05, 0) is 131 Å². The zero-order chi connectivity index (χ0) is 70.8. The first-order valence-electron chi connectivity index (χ1n) is 34.9. The summed E-state index contributed by atoms with van der Waals surface area (Å²) in [6, 6.07) is 72.1. The highest BCUT2D eigenvalue weighted by molar-refractivity contribution is 5.83. The predicted octanol–water partition coefficient (Wildman–Crippen LogP) is 21.1. The van der Waals surface area contributed by atoms with Gasteiger partial charge in [0.2, 0.25) is 0 Å². The molecule has 0 aromatic heterocycles. The van der Waals surface area contributed by atoms with Crippen molar-refractivity contribution in [3.63, 3.8) is 0 Å². The van der Waals surface area contributed by atoms with Gasteiger partial charge < -0.3 is 18.9 Å². The number of carbonyl (C=O) groups is 4. The molecular formula is C89H99FO8. The molecule has 3 unspecified atom stereocenters. The molecule has 0 aliphatic heterocycles. The molecule has 0 fully saturated rings. The van der Waals surface area contributed by atoms with Crippen molar-refractivity contribution in [2.24, 2.45) is 23.7 Å². The van der Waals surface area contributed by atoms with E-state index >= 15 is 0 Å². The number of rotatable bonds is 16. The Hall–Kier alpha value is -9.21. The van der Waals surface area contributed by atoms with E-state index < -0.39 is 0 Å². The second kappa shape index (κ2) is 32.0. The lowest BCUT2D eigenvalue weighted by molar-refractivity contribution is -0.154. The summed E-state index contributed by atoms with van der Waals surface area (Å²) in [6.07, 6.45) is 0.309. The number of fused-ring (bicyclic) bond motifs is 9. The molecule has 0 bridgehead atoms. The van der Waals surface area contributed by atoms with Crippen LogP contribution in [0, 0.1) is 36.4 Å². The molecule has 0 amide bonds. The molecular weight excluding hydrogens is 1220 g/mol. The number of ether oxygens (including phenoxy) is 4. The third-order valence-electron chi connectivity index (χ3n) is 18.8. The molecule has 3 atom stereocenters. The van der Waals surface area contributed by atoms with Gasteiger partial charge in [-0.1, -0.05) is 303 Å². The van der Waals surface area contributed by atoms with Crippen LogP contribution in [0.5, 0.6) is 0 Å². The highest BCUT2D eigenvalue weighted by Crippen LogP contribution is 2.50. The molecule has 510 valence electrons. The number of halogens is 1. The fraction of sp³-hybridized carbons (Fsp3) is 0.348. The molecule has 8 nitrogen and oxygen atoms in total. The van der Waals surface area contributed by atoms with E-state index in [9.17, 15) is 23.6 Å². The van der Waals surface area contributed by atoms with Crippen molar-refractivity contribution >= 4 is 23.9 Å². The van der Waals surface area contributed by atoms with Crippen LogP contribution in [-0.2, 0) is 55.4 Å². The Balaban J connectivity index is 0.000000154. The number of carbonyl (C=O) groups excluding carboxylic acids is 4. The molecule has 0 spiro atoms. The van der Waals surface area contributed by atoms with Gasteiger partial charge in [-0.3, -0.25) is 19.2 Å². The van der Waals surface area contributed by atoms with Crippen molar-refractivity contribution in [2.45, 2.75) is 164 Å². The average Bonchev–Trinajstić information content (AvgIpc) is 1.62. The summed E-state index contributed by atoms with van der Waals surface area (Å²) in [5.41, 5.74) is 22.2. The Morgan fingerprint density at radius 3 is 1.18 bits per heavy atom. The van der Waals surface area contributed by atoms with Crippen molar-refractivity contribution in [2.75, 3.05) is 13.2 Å². The number of benzene rings is 9. The van der Waals surface area contributed by atoms with Gasteiger partial charge >= 0.3 is 23.9 Å². The summed E-state index contributed by atoms with van der Waals surface area (Å²) in [5.74, 6) is -1.23. The predicted molar refractivity (Wildman–Crippen MR) is 395 cm³/mol. The first-order chi connectivity index (χ1) is 46.6. The summed E-state index contributed by atoms with van der Waals surface area (Å²) in [7, 11) is 0. The van der Waals surface area contributed by atoms with Crippen molar-refractivity contribution in [1.29, 1.82) is 0 Å². The monoisotopic (exact) mass is 1310 g/mol. The summed E-state index contributed by atoms with van der Waals surface area (Å²) in [6.45, 7) is 33.0. The Morgan fingerprint density at radius 2 is 0.765 bits per heavy atom. The molecule has 0 heterocycles. The SMILES string of the molecule is CC(C)C(=O)OC(C)C1c2ccccc2-c2ccccc21.CC(C)C(=O)OC(Cc1ccccc1)C1c2ccccc2-c2ccccc21.CC(C)C(=O)OCC1c2cc(C(C)(C)C)ccc2-c2ccc(C(C)(C)C)cc21.Cc1ccc(C(COC(=O)C(C)C)c2ccc(F)cc2)cc1. The maximum absolute atomic E-state index is 13.1. The van der Waals surface area contributed by atoms with E-state index in [4.69, 9.17) is 18.9 Å². The van der Waals surface area contributed by atoms with Crippen LogP contribution in [-0.4, -0.2) is 49.3 Å². The Morgan fingerprint density at radius 1 is 0.398 bits per heavy atom. The quantitative estimate of drug-likeness (QED) is 0.0696. The topological polar surface area (TPSA) is 105 Å². The van der Waals surface area contributed by atoms with Gasteiger partial charge in [0, 0.05) is 30.1 Å². The van der Waals surface area contributed by atoms with E-state index in [0.29, 0.717) is 13.0 Å². The highest BCUT2D eigenvalue weighted by Gasteiger charge is 2.38. The number of hydrogen-bond acceptors (Lipinski definition) is 8. The lowest BCUT2D eigenvalue weighted by atomic mass is 9.83. The second-order valence-electron chi connectivity index (χ2n) is 29.7. The smallest absolute Gasteiger partial charge is 0.308 e. The molecule has 9 heteroatoms. The van der Waals surface area contributed by atoms with Crippen LogP contribution in [0.15, 0.2) is 212 Å². The lowest BCUT2D eigenvalue weighted by Gasteiger charge is -2.27. The van der Waals surface area contributed by atoms with Crippen LogP contribution in [0.3, 0.4) is 0 Å². The largest absolute Gasteiger partial charge is 0.464 e. The van der Waals surface area contributed by atoms with E-state index in [0.717, 1.165) is 11.1 Å². The maximum Gasteiger partial charge on any atom is 0.308 e. The van der Waals surface area contributed by atoms with E-state index in [-0.39, 0.29) is 107 Å². The molecule has 3 aliphatic rings. The first-order valence-corrected chi connectivity index (χ1v) is 34.9. The Kier molecular flexibility index (Phi) is 23.8. The van der Waals surface area contributed by atoms with E-state index in [1.54, 1.807) is 26.0 Å². The summed E-state index contributed by atoms with van der Waals surface area (Å²) < 4.78 is 36.0. The molecule has 98 heavy (non-hydrogen) atoms. The third-order valence-corrected chi connectivity index (χ3v) is 18.8. The maximum atomic E-state index is 13.1. The van der Waals surface area contributed by atoms with Gasteiger partial charge in [-0.25, -0.2) is 4.39 Å². The van der Waals surface area contributed by atoms with Crippen molar-refractivity contribution in [1.82, 2.24) is 0 Å². The van der Waals surface area contributed by atoms with Gasteiger partial charge in [-0.2, -0.15) is 0 Å². The van der Waals surface area contributed by atoms with Crippen LogP contribution in [0.25, 0.3) is 33.4 Å². The molecule has 0 saturated carbocycles. The van der Waals surface area contributed by atoms with Crippen LogP contribution in [0.4, 0.5) is 4.39 Å². The summed E-state index contributed by atoms with van der Waals surface area (Å²) >= 11 is 0. The minimum Gasteiger partial charge on any atom is -0.464 e. The Labute approximate surface area is 582 Å². The van der Waals surface area contributed by atoms with Crippen LogP contribution in [0.2, 0.25) is 0 Å².